The van der Waals surface area contributed by atoms with Gasteiger partial charge in [-0.3, -0.25) is 0 Å². The minimum absolute atomic E-state index is 0. The van der Waals surface area contributed by atoms with Crippen LogP contribution in [-0.4, -0.2) is 11.4 Å². The molecule has 0 amide bonds. The van der Waals surface area contributed by atoms with Gasteiger partial charge in [0, 0.05) is 5.69 Å². The summed E-state index contributed by atoms with van der Waals surface area (Å²) in [6, 6.07) is 6.87. The fourth-order valence-corrected chi connectivity index (χ4v) is 0.771. The van der Waals surface area contributed by atoms with E-state index in [0.717, 1.165) is 11.6 Å². The first-order chi connectivity index (χ1) is 5.68. The third kappa shape index (κ3) is 5.77. The molecule has 0 radical (unpaired) electrons. The quantitative estimate of drug-likeness (QED) is 0.303. The molecule has 0 aliphatic heterocycles. The number of anilines is 1. The summed E-state index contributed by atoms with van der Waals surface area (Å²) in [5.41, 5.74) is 6.87. The molecular formula is C9H10NNaO3. The van der Waals surface area contributed by atoms with Gasteiger partial charge in [-0.2, -0.15) is 0 Å². The van der Waals surface area contributed by atoms with Gasteiger partial charge in [-0.1, -0.05) is 18.2 Å². The summed E-state index contributed by atoms with van der Waals surface area (Å²) < 4.78 is 0. The number of hydrogen-bond donors (Lipinski definition) is 1. The number of carbonyl (C=O) groups excluding carboxylic acids is 1. The smallest absolute Gasteiger partial charge is 0.545 e. The first kappa shape index (κ1) is 15.7. The molecule has 1 rings (SSSR count). The van der Waals surface area contributed by atoms with Crippen LogP contribution in [-0.2, 0) is 4.79 Å². The van der Waals surface area contributed by atoms with Crippen LogP contribution in [0.25, 0.3) is 6.08 Å². The molecule has 0 aliphatic carbocycles. The molecule has 0 saturated carbocycles. The summed E-state index contributed by atoms with van der Waals surface area (Å²) in [5, 5.41) is 10.0. The minimum Gasteiger partial charge on any atom is -0.545 e. The first-order valence-corrected chi connectivity index (χ1v) is 3.43. The first-order valence-electron chi connectivity index (χ1n) is 3.43. The van der Waals surface area contributed by atoms with Gasteiger partial charge in [0.2, 0.25) is 0 Å². The average molecular weight is 203 g/mol. The molecule has 5 heteroatoms. The van der Waals surface area contributed by atoms with Gasteiger partial charge in [0.05, 0.1) is 5.97 Å². The normalized spacial score (nSPS) is 8.86. The van der Waals surface area contributed by atoms with E-state index >= 15 is 0 Å². The van der Waals surface area contributed by atoms with Crippen molar-refractivity contribution < 1.29 is 44.9 Å². The molecule has 0 aromatic heterocycles. The van der Waals surface area contributed by atoms with Crippen molar-refractivity contribution in [3.05, 3.63) is 35.9 Å². The van der Waals surface area contributed by atoms with E-state index in [1.165, 1.54) is 6.08 Å². The van der Waals surface area contributed by atoms with Crippen molar-refractivity contribution in [1.82, 2.24) is 0 Å². The van der Waals surface area contributed by atoms with Gasteiger partial charge in [-0.05, 0) is 23.8 Å². The Morgan fingerprint density at radius 3 is 2.21 bits per heavy atom. The third-order valence-corrected chi connectivity index (χ3v) is 1.35. The summed E-state index contributed by atoms with van der Waals surface area (Å²) in [6.45, 7) is 0. The minimum atomic E-state index is -1.20. The zero-order valence-corrected chi connectivity index (χ0v) is 9.86. The van der Waals surface area contributed by atoms with Crippen LogP contribution in [0.2, 0.25) is 0 Å². The van der Waals surface area contributed by atoms with Gasteiger partial charge >= 0.3 is 29.6 Å². The maximum absolute atomic E-state index is 10.0. The van der Waals surface area contributed by atoms with Crippen molar-refractivity contribution in [3.63, 3.8) is 0 Å². The van der Waals surface area contributed by atoms with Crippen molar-refractivity contribution in [2.24, 2.45) is 0 Å². The zero-order chi connectivity index (χ0) is 8.97. The van der Waals surface area contributed by atoms with E-state index < -0.39 is 5.97 Å². The molecule has 14 heavy (non-hydrogen) atoms. The molecule has 1 aromatic rings. The molecule has 4 N–H and O–H groups in total. The van der Waals surface area contributed by atoms with Crippen LogP contribution in [0, 0.1) is 0 Å². The topological polar surface area (TPSA) is 97.7 Å². The average Bonchev–Trinajstić information content (AvgIpc) is 2.03. The van der Waals surface area contributed by atoms with Crippen molar-refractivity contribution in [2.75, 3.05) is 5.73 Å². The monoisotopic (exact) mass is 203 g/mol. The zero-order valence-electron chi connectivity index (χ0n) is 7.86. The molecule has 1 aromatic carbocycles. The molecule has 0 unspecified atom stereocenters. The predicted octanol–water partition coefficient (Wildman–Crippen LogP) is -3.79. The Hall–Kier alpha value is -0.810. The van der Waals surface area contributed by atoms with Crippen LogP contribution in [0.3, 0.4) is 0 Å². The summed E-state index contributed by atoms with van der Waals surface area (Å²) in [6.07, 6.45) is 2.43. The molecule has 0 spiro atoms. The Kier molecular flexibility index (Phi) is 8.48. The van der Waals surface area contributed by atoms with E-state index in [4.69, 9.17) is 5.73 Å². The van der Waals surface area contributed by atoms with Crippen LogP contribution in [0.4, 0.5) is 5.69 Å². The largest absolute Gasteiger partial charge is 1.00 e. The Morgan fingerprint density at radius 2 is 1.79 bits per heavy atom. The van der Waals surface area contributed by atoms with Gasteiger partial charge in [0.15, 0.2) is 0 Å². The second-order valence-electron chi connectivity index (χ2n) is 2.32. The molecule has 70 valence electrons. The molecule has 0 atom stereocenters. The number of hydrogen-bond acceptors (Lipinski definition) is 3. The van der Waals surface area contributed by atoms with E-state index in [-0.39, 0.29) is 35.0 Å². The fraction of sp³-hybridized carbons (Fsp3) is 0. The SMILES string of the molecule is Nc1ccc(C=CC(=O)[O-])cc1.O.[Na+]. The van der Waals surface area contributed by atoms with E-state index in [1.807, 2.05) is 0 Å². The maximum atomic E-state index is 10.0. The van der Waals surface area contributed by atoms with Crippen molar-refractivity contribution in [1.29, 1.82) is 0 Å². The van der Waals surface area contributed by atoms with Gasteiger partial charge in [0.1, 0.15) is 0 Å². The Labute approximate surface area is 104 Å². The van der Waals surface area contributed by atoms with Crippen molar-refractivity contribution >= 4 is 17.7 Å². The molecule has 0 bridgehead atoms. The van der Waals surface area contributed by atoms with E-state index in [0.29, 0.717) is 5.69 Å². The number of nitrogen functional groups attached to an aromatic ring is 1. The molecule has 0 saturated heterocycles. The molecular weight excluding hydrogens is 193 g/mol. The van der Waals surface area contributed by atoms with Crippen LogP contribution in [0.5, 0.6) is 0 Å². The number of carboxylic acids is 1. The third-order valence-electron chi connectivity index (χ3n) is 1.35. The van der Waals surface area contributed by atoms with Gasteiger partial charge in [-0.15, -0.1) is 0 Å². The second-order valence-corrected chi connectivity index (χ2v) is 2.32. The maximum Gasteiger partial charge on any atom is 1.00 e. The number of rotatable bonds is 2. The van der Waals surface area contributed by atoms with Crippen molar-refractivity contribution in [2.45, 2.75) is 0 Å². The fourth-order valence-electron chi connectivity index (χ4n) is 0.771. The number of nitrogens with two attached hydrogens (primary N) is 1. The number of carbonyl (C=O) groups is 1. The second kappa shape index (κ2) is 7.58. The van der Waals surface area contributed by atoms with Gasteiger partial charge in [0.25, 0.3) is 0 Å². The van der Waals surface area contributed by atoms with Gasteiger partial charge < -0.3 is 21.1 Å². The van der Waals surface area contributed by atoms with Crippen LogP contribution in [0.1, 0.15) is 5.56 Å². The van der Waals surface area contributed by atoms with Gasteiger partial charge in [-0.25, -0.2) is 0 Å². The van der Waals surface area contributed by atoms with E-state index in [1.54, 1.807) is 24.3 Å². The summed E-state index contributed by atoms with van der Waals surface area (Å²) in [5.74, 6) is -1.20. The molecule has 0 fully saturated rings. The molecule has 0 aliphatic rings. The summed E-state index contributed by atoms with van der Waals surface area (Å²) in [4.78, 5) is 10.0. The Morgan fingerprint density at radius 1 is 1.29 bits per heavy atom. The number of carboxylic acid groups (broad SMARTS) is 1. The predicted molar refractivity (Wildman–Crippen MR) is 48.5 cm³/mol. The molecule has 0 heterocycles. The van der Waals surface area contributed by atoms with Crippen LogP contribution in [0.15, 0.2) is 30.3 Å². The van der Waals surface area contributed by atoms with E-state index in [9.17, 15) is 9.90 Å². The van der Waals surface area contributed by atoms with Crippen LogP contribution >= 0.6 is 0 Å². The molecule has 4 nitrogen and oxygen atoms in total. The number of aliphatic carboxylic acids is 1. The standard InChI is InChI=1S/C9H9NO2.Na.H2O/c10-8-4-1-7(2-5-8)3-6-9(11)12;;/h1-6H,10H2,(H,11,12);;1H2/q;+1;/p-1. The number of benzene rings is 1. The van der Waals surface area contributed by atoms with E-state index in [2.05, 4.69) is 0 Å². The summed E-state index contributed by atoms with van der Waals surface area (Å²) in [7, 11) is 0. The van der Waals surface area contributed by atoms with Crippen LogP contribution < -0.4 is 40.4 Å². The Balaban J connectivity index is 0. The Bertz CT molecular complexity index is 308. The van der Waals surface area contributed by atoms with Crippen molar-refractivity contribution in [3.8, 4) is 0 Å². The summed E-state index contributed by atoms with van der Waals surface area (Å²) >= 11 is 0.